The lowest BCUT2D eigenvalue weighted by molar-refractivity contribution is -0.255. The van der Waals surface area contributed by atoms with Crippen LogP contribution in [0.5, 0.6) is 0 Å². The number of methoxy groups -OCH3 is 1. The third-order valence-electron chi connectivity index (χ3n) is 9.52. The SMILES string of the molecule is CCCCCCCC(CC(=O)O)OC(=O)CC(CCCCCCC)OC1CC(C)C(O)C(O)C1OC1CC(OC)C(O)C(O)C1O. The number of rotatable bonds is 22. The summed E-state index contributed by atoms with van der Waals surface area (Å²) in [6, 6.07) is 0. The summed E-state index contributed by atoms with van der Waals surface area (Å²) >= 11 is 0. The quantitative estimate of drug-likeness (QED) is 0.0734. The van der Waals surface area contributed by atoms with Crippen LogP contribution in [0.25, 0.3) is 0 Å². The van der Waals surface area contributed by atoms with E-state index in [1.165, 1.54) is 7.11 Å². The highest BCUT2D eigenvalue weighted by Gasteiger charge is 2.49. The van der Waals surface area contributed by atoms with Gasteiger partial charge in [-0.25, -0.2) is 0 Å². The predicted octanol–water partition coefficient (Wildman–Crippen LogP) is 3.25. The molecule has 12 atom stereocenters. The van der Waals surface area contributed by atoms with Gasteiger partial charge < -0.3 is 49.6 Å². The van der Waals surface area contributed by atoms with Crippen molar-refractivity contribution in [3.63, 3.8) is 0 Å². The Morgan fingerprint density at radius 3 is 1.80 bits per heavy atom. The van der Waals surface area contributed by atoms with Gasteiger partial charge in [0.1, 0.15) is 36.6 Å². The number of carbonyl (C=O) groups is 2. The molecule has 0 radical (unpaired) electrons. The van der Waals surface area contributed by atoms with Gasteiger partial charge in [-0.05, 0) is 31.6 Å². The van der Waals surface area contributed by atoms with Gasteiger partial charge in [0.15, 0.2) is 0 Å². The highest BCUT2D eigenvalue weighted by atomic mass is 16.6. The van der Waals surface area contributed by atoms with Crippen molar-refractivity contribution < 1.29 is 59.2 Å². The third-order valence-corrected chi connectivity index (χ3v) is 9.52. The molecule has 12 unspecified atom stereocenters. The number of esters is 1. The molecular formula is C34H62O12. The summed E-state index contributed by atoms with van der Waals surface area (Å²) in [4.78, 5) is 24.7. The van der Waals surface area contributed by atoms with Crippen molar-refractivity contribution in [2.45, 2.75) is 191 Å². The lowest BCUT2D eigenvalue weighted by Crippen LogP contribution is -2.61. The molecule has 6 N–H and O–H groups in total. The molecule has 0 aromatic heterocycles. The summed E-state index contributed by atoms with van der Waals surface area (Å²) in [5.41, 5.74) is 0. The fraction of sp³-hybridized carbons (Fsp3) is 0.941. The normalized spacial score (nSPS) is 33.0. The van der Waals surface area contributed by atoms with E-state index < -0.39 is 79.1 Å². The minimum atomic E-state index is -1.54. The van der Waals surface area contributed by atoms with E-state index in [1.54, 1.807) is 6.92 Å². The van der Waals surface area contributed by atoms with Crippen molar-refractivity contribution in [3.8, 4) is 0 Å². The van der Waals surface area contributed by atoms with E-state index in [9.17, 15) is 40.2 Å². The molecule has 12 nitrogen and oxygen atoms in total. The Morgan fingerprint density at radius 1 is 0.674 bits per heavy atom. The van der Waals surface area contributed by atoms with Crippen LogP contribution in [-0.4, -0.2) is 117 Å². The second-order valence-corrected chi connectivity index (χ2v) is 13.4. The van der Waals surface area contributed by atoms with Crippen LogP contribution >= 0.6 is 0 Å². The van der Waals surface area contributed by atoms with Crippen molar-refractivity contribution in [3.05, 3.63) is 0 Å². The minimum absolute atomic E-state index is 0.0358. The number of ether oxygens (including phenoxy) is 4. The van der Waals surface area contributed by atoms with Crippen LogP contribution in [0, 0.1) is 5.92 Å². The first-order chi connectivity index (χ1) is 21.9. The molecule has 0 heterocycles. The molecule has 2 aliphatic carbocycles. The Morgan fingerprint density at radius 2 is 1.24 bits per heavy atom. The fourth-order valence-corrected chi connectivity index (χ4v) is 6.65. The highest BCUT2D eigenvalue weighted by molar-refractivity contribution is 5.72. The molecule has 2 saturated carbocycles. The number of carbonyl (C=O) groups excluding carboxylic acids is 1. The number of aliphatic carboxylic acids is 1. The monoisotopic (exact) mass is 662 g/mol. The van der Waals surface area contributed by atoms with Crippen LogP contribution in [0.15, 0.2) is 0 Å². The Kier molecular flexibility index (Phi) is 19.1. The van der Waals surface area contributed by atoms with Gasteiger partial charge in [-0.15, -0.1) is 0 Å². The predicted molar refractivity (Wildman–Crippen MR) is 170 cm³/mol. The average molecular weight is 663 g/mol. The molecule has 46 heavy (non-hydrogen) atoms. The molecule has 0 aromatic carbocycles. The second-order valence-electron chi connectivity index (χ2n) is 13.4. The average Bonchev–Trinajstić information content (AvgIpc) is 3.01. The van der Waals surface area contributed by atoms with Crippen molar-refractivity contribution >= 4 is 11.9 Å². The smallest absolute Gasteiger partial charge is 0.308 e. The van der Waals surface area contributed by atoms with Gasteiger partial charge in [0.25, 0.3) is 0 Å². The first-order valence-corrected chi connectivity index (χ1v) is 17.6. The van der Waals surface area contributed by atoms with E-state index in [2.05, 4.69) is 13.8 Å². The highest BCUT2D eigenvalue weighted by Crippen LogP contribution is 2.35. The number of aliphatic hydroxyl groups is 5. The molecule has 0 bridgehead atoms. The van der Waals surface area contributed by atoms with Crippen LogP contribution in [0.1, 0.15) is 124 Å². The number of aliphatic hydroxyl groups excluding tert-OH is 5. The summed E-state index contributed by atoms with van der Waals surface area (Å²) in [6.45, 7) is 6.03. The summed E-state index contributed by atoms with van der Waals surface area (Å²) in [5.74, 6) is -1.94. The standard InChI is InChI=1S/C34H62O12/c1-5-7-9-11-13-15-22(18-27(35)36)45-28(37)19-23(16-14-12-10-8-6-2)44-26-17-21(3)29(38)33(42)34(26)46-25-20-24(43-4)30(39)32(41)31(25)40/h21-26,29-34,38-42H,5-20H2,1-4H3,(H,35,36). The van der Waals surface area contributed by atoms with Gasteiger partial charge in [0.2, 0.25) is 0 Å². The molecule has 12 heteroatoms. The van der Waals surface area contributed by atoms with Crippen molar-refractivity contribution in [1.82, 2.24) is 0 Å². The maximum absolute atomic E-state index is 13.2. The zero-order chi connectivity index (χ0) is 34.2. The summed E-state index contributed by atoms with van der Waals surface area (Å²) in [5, 5.41) is 62.6. The van der Waals surface area contributed by atoms with Gasteiger partial charge in [0.05, 0.1) is 43.4 Å². The third kappa shape index (κ3) is 13.3. The van der Waals surface area contributed by atoms with Gasteiger partial charge in [0, 0.05) is 13.5 Å². The molecule has 0 amide bonds. The summed E-state index contributed by atoms with van der Waals surface area (Å²) < 4.78 is 23.6. The number of unbranched alkanes of at least 4 members (excludes halogenated alkanes) is 8. The molecule has 0 aliphatic heterocycles. The topological polar surface area (TPSA) is 192 Å². The lowest BCUT2D eigenvalue weighted by atomic mass is 9.80. The van der Waals surface area contributed by atoms with Crippen LogP contribution in [0.3, 0.4) is 0 Å². The molecule has 2 aliphatic rings. The molecule has 0 saturated heterocycles. The maximum Gasteiger partial charge on any atom is 0.308 e. The maximum atomic E-state index is 13.2. The second kappa shape index (κ2) is 21.6. The van der Waals surface area contributed by atoms with Gasteiger partial charge in [-0.1, -0.05) is 78.6 Å². The van der Waals surface area contributed by atoms with E-state index >= 15 is 0 Å². The van der Waals surface area contributed by atoms with Gasteiger partial charge in [-0.2, -0.15) is 0 Å². The number of hydrogen-bond donors (Lipinski definition) is 6. The first kappa shape index (κ1) is 40.8. The molecule has 2 rings (SSSR count). The number of carboxylic acid groups (broad SMARTS) is 1. The van der Waals surface area contributed by atoms with E-state index in [-0.39, 0.29) is 25.2 Å². The Hall–Kier alpha value is -1.38. The van der Waals surface area contributed by atoms with Crippen molar-refractivity contribution in [2.75, 3.05) is 7.11 Å². The van der Waals surface area contributed by atoms with Gasteiger partial charge >= 0.3 is 11.9 Å². The van der Waals surface area contributed by atoms with E-state index in [1.807, 2.05) is 0 Å². The van der Waals surface area contributed by atoms with Crippen LogP contribution in [0.2, 0.25) is 0 Å². The zero-order valence-electron chi connectivity index (χ0n) is 28.4. The van der Waals surface area contributed by atoms with E-state index in [4.69, 9.17) is 18.9 Å². The number of hydrogen-bond acceptors (Lipinski definition) is 11. The largest absolute Gasteiger partial charge is 0.481 e. The zero-order valence-corrected chi connectivity index (χ0v) is 28.4. The molecular weight excluding hydrogens is 600 g/mol. The lowest BCUT2D eigenvalue weighted by Gasteiger charge is -2.46. The molecule has 0 aromatic rings. The molecule has 2 fully saturated rings. The van der Waals surface area contributed by atoms with Crippen LogP contribution < -0.4 is 0 Å². The van der Waals surface area contributed by atoms with Gasteiger partial charge in [-0.3, -0.25) is 9.59 Å². The van der Waals surface area contributed by atoms with Crippen LogP contribution in [0.4, 0.5) is 0 Å². The number of carboxylic acids is 1. The van der Waals surface area contributed by atoms with E-state index in [0.29, 0.717) is 19.3 Å². The van der Waals surface area contributed by atoms with Crippen molar-refractivity contribution in [1.29, 1.82) is 0 Å². The Balaban J connectivity index is 2.18. The summed E-state index contributed by atoms with van der Waals surface area (Å²) in [7, 11) is 1.37. The molecule has 270 valence electrons. The fourth-order valence-electron chi connectivity index (χ4n) is 6.65. The first-order valence-electron chi connectivity index (χ1n) is 17.6. The van der Waals surface area contributed by atoms with Crippen LogP contribution in [-0.2, 0) is 28.5 Å². The molecule has 0 spiro atoms. The Labute approximate surface area is 274 Å². The minimum Gasteiger partial charge on any atom is -0.481 e. The summed E-state index contributed by atoms with van der Waals surface area (Å²) in [6.07, 6.45) is -1.07. The Bertz CT molecular complexity index is 856. The van der Waals surface area contributed by atoms with E-state index in [0.717, 1.165) is 64.2 Å². The van der Waals surface area contributed by atoms with Crippen molar-refractivity contribution in [2.24, 2.45) is 5.92 Å².